The highest BCUT2D eigenvalue weighted by atomic mass is 79.9. The molecule has 0 saturated carbocycles. The van der Waals surface area contributed by atoms with Crippen molar-refractivity contribution in [3.8, 4) is 0 Å². The Morgan fingerprint density at radius 2 is 1.89 bits per heavy atom. The Kier molecular flexibility index (Phi) is 4.64. The molecule has 1 aliphatic heterocycles. The summed E-state index contributed by atoms with van der Waals surface area (Å²) in [6, 6.07) is 3.21. The molecule has 0 radical (unpaired) electrons. The number of nitrogens with one attached hydrogen (secondary N) is 1. The SMILES string of the molecule is Fc1cccc([C@@H](C(F)F)N2CCNCC2)c1Br. The molecule has 0 aromatic heterocycles. The largest absolute Gasteiger partial charge is 0.314 e. The van der Waals surface area contributed by atoms with Crippen molar-refractivity contribution in [2.24, 2.45) is 0 Å². The molecule has 0 spiro atoms. The standard InChI is InChI=1S/C12H14BrF3N2/c13-10-8(2-1-3-9(10)14)11(12(15)16)18-6-4-17-5-7-18/h1-3,11-12,17H,4-7H2/t11-/m0/s1. The van der Waals surface area contributed by atoms with Gasteiger partial charge in [-0.3, -0.25) is 4.90 Å². The van der Waals surface area contributed by atoms with Gasteiger partial charge in [0.1, 0.15) is 5.82 Å². The second kappa shape index (κ2) is 6.04. The highest BCUT2D eigenvalue weighted by molar-refractivity contribution is 9.10. The van der Waals surface area contributed by atoms with Crippen molar-refractivity contribution in [3.05, 3.63) is 34.1 Å². The third kappa shape index (κ3) is 2.87. The molecule has 1 saturated heterocycles. The van der Waals surface area contributed by atoms with Gasteiger partial charge >= 0.3 is 0 Å². The van der Waals surface area contributed by atoms with Gasteiger partial charge in [-0.25, -0.2) is 13.2 Å². The van der Waals surface area contributed by atoms with Crippen molar-refractivity contribution < 1.29 is 13.2 Å². The third-order valence-corrected chi connectivity index (χ3v) is 3.92. The summed E-state index contributed by atoms with van der Waals surface area (Å²) in [5.41, 5.74) is 0.312. The van der Waals surface area contributed by atoms with Crippen LogP contribution in [0.3, 0.4) is 0 Å². The van der Waals surface area contributed by atoms with E-state index in [1.165, 1.54) is 12.1 Å². The lowest BCUT2D eigenvalue weighted by atomic mass is 10.0. The van der Waals surface area contributed by atoms with Crippen LogP contribution in [0.4, 0.5) is 13.2 Å². The molecular weight excluding hydrogens is 309 g/mol. The number of hydrogen-bond acceptors (Lipinski definition) is 2. The molecular formula is C12H14BrF3N2. The summed E-state index contributed by atoms with van der Waals surface area (Å²) in [5, 5.41) is 3.11. The van der Waals surface area contributed by atoms with E-state index in [9.17, 15) is 13.2 Å². The van der Waals surface area contributed by atoms with E-state index in [2.05, 4.69) is 21.2 Å². The molecule has 0 aliphatic carbocycles. The Morgan fingerprint density at radius 3 is 2.50 bits per heavy atom. The molecule has 1 fully saturated rings. The van der Waals surface area contributed by atoms with Crippen LogP contribution in [0.1, 0.15) is 11.6 Å². The fraction of sp³-hybridized carbons (Fsp3) is 0.500. The van der Waals surface area contributed by atoms with Gasteiger partial charge in [-0.1, -0.05) is 12.1 Å². The molecule has 0 bridgehead atoms. The van der Waals surface area contributed by atoms with Gasteiger partial charge in [0, 0.05) is 26.2 Å². The normalized spacial score (nSPS) is 19.2. The average Bonchev–Trinajstić information content (AvgIpc) is 2.36. The van der Waals surface area contributed by atoms with Gasteiger partial charge in [0.15, 0.2) is 0 Å². The van der Waals surface area contributed by atoms with E-state index < -0.39 is 18.3 Å². The molecule has 18 heavy (non-hydrogen) atoms. The Bertz CT molecular complexity index is 408. The molecule has 1 N–H and O–H groups in total. The van der Waals surface area contributed by atoms with Crippen molar-refractivity contribution in [3.63, 3.8) is 0 Å². The Hall–Kier alpha value is -0.590. The molecule has 0 unspecified atom stereocenters. The van der Waals surface area contributed by atoms with Gasteiger partial charge in [0.05, 0.1) is 10.5 Å². The van der Waals surface area contributed by atoms with Gasteiger partial charge in [-0.05, 0) is 27.6 Å². The zero-order valence-corrected chi connectivity index (χ0v) is 11.3. The van der Waals surface area contributed by atoms with Crippen molar-refractivity contribution in [2.75, 3.05) is 26.2 Å². The molecule has 2 rings (SSSR count). The summed E-state index contributed by atoms with van der Waals surface area (Å²) >= 11 is 3.07. The van der Waals surface area contributed by atoms with Gasteiger partial charge in [-0.2, -0.15) is 0 Å². The number of halogens is 4. The molecule has 1 aromatic rings. The first-order valence-electron chi connectivity index (χ1n) is 5.78. The molecule has 1 aromatic carbocycles. The second-order valence-corrected chi connectivity index (χ2v) is 5.00. The number of nitrogens with zero attached hydrogens (tertiary/aromatic N) is 1. The predicted molar refractivity (Wildman–Crippen MR) is 67.3 cm³/mol. The number of benzene rings is 1. The quantitative estimate of drug-likeness (QED) is 0.920. The fourth-order valence-electron chi connectivity index (χ4n) is 2.20. The molecule has 2 nitrogen and oxygen atoms in total. The molecule has 100 valence electrons. The Balaban J connectivity index is 2.31. The van der Waals surface area contributed by atoms with E-state index in [0.717, 1.165) is 0 Å². The van der Waals surface area contributed by atoms with Gasteiger partial charge in [0.2, 0.25) is 0 Å². The molecule has 6 heteroatoms. The second-order valence-electron chi connectivity index (χ2n) is 4.21. The van der Waals surface area contributed by atoms with Gasteiger partial charge in [0.25, 0.3) is 6.43 Å². The van der Waals surface area contributed by atoms with Crippen LogP contribution in [-0.2, 0) is 0 Å². The van der Waals surface area contributed by atoms with Crippen molar-refractivity contribution in [2.45, 2.75) is 12.5 Å². The number of hydrogen-bond donors (Lipinski definition) is 1. The summed E-state index contributed by atoms with van der Waals surface area (Å²) in [5.74, 6) is -0.506. The van der Waals surface area contributed by atoms with Crippen LogP contribution < -0.4 is 5.32 Å². The van der Waals surface area contributed by atoms with E-state index in [1.54, 1.807) is 11.0 Å². The predicted octanol–water partition coefficient (Wildman–Crippen LogP) is 2.80. The lowest BCUT2D eigenvalue weighted by molar-refractivity contribution is 0.0177. The molecule has 1 heterocycles. The maximum Gasteiger partial charge on any atom is 0.258 e. The summed E-state index contributed by atoms with van der Waals surface area (Å²) in [4.78, 5) is 1.70. The first-order valence-corrected chi connectivity index (χ1v) is 6.57. The summed E-state index contributed by atoms with van der Waals surface area (Å²) in [7, 11) is 0. The number of rotatable bonds is 3. The minimum atomic E-state index is -2.54. The van der Waals surface area contributed by atoms with Crippen molar-refractivity contribution >= 4 is 15.9 Å². The van der Waals surface area contributed by atoms with E-state index in [1.807, 2.05) is 0 Å². The van der Waals surface area contributed by atoms with Crippen LogP contribution in [-0.4, -0.2) is 37.5 Å². The van der Waals surface area contributed by atoms with Gasteiger partial charge in [-0.15, -0.1) is 0 Å². The Morgan fingerprint density at radius 1 is 1.22 bits per heavy atom. The lowest BCUT2D eigenvalue weighted by Gasteiger charge is -2.35. The fourth-order valence-corrected chi connectivity index (χ4v) is 2.70. The number of piperazine rings is 1. The van der Waals surface area contributed by atoms with Crippen LogP contribution in [0.15, 0.2) is 22.7 Å². The van der Waals surface area contributed by atoms with Gasteiger partial charge < -0.3 is 5.32 Å². The minimum absolute atomic E-state index is 0.133. The maximum absolute atomic E-state index is 13.4. The highest BCUT2D eigenvalue weighted by Gasteiger charge is 2.32. The first-order chi connectivity index (χ1) is 8.61. The number of alkyl halides is 2. The lowest BCUT2D eigenvalue weighted by Crippen LogP contribution is -2.47. The molecule has 1 atom stereocenters. The van der Waals surface area contributed by atoms with Crippen LogP contribution in [0.5, 0.6) is 0 Å². The van der Waals surface area contributed by atoms with Crippen LogP contribution in [0.2, 0.25) is 0 Å². The topological polar surface area (TPSA) is 15.3 Å². The van der Waals surface area contributed by atoms with Crippen molar-refractivity contribution in [1.82, 2.24) is 10.2 Å². The molecule has 1 aliphatic rings. The van der Waals surface area contributed by atoms with Crippen molar-refractivity contribution in [1.29, 1.82) is 0 Å². The maximum atomic E-state index is 13.4. The van der Waals surface area contributed by atoms with Crippen LogP contribution in [0, 0.1) is 5.82 Å². The van der Waals surface area contributed by atoms with E-state index in [4.69, 9.17) is 0 Å². The zero-order chi connectivity index (χ0) is 13.1. The average molecular weight is 323 g/mol. The van der Waals surface area contributed by atoms with E-state index >= 15 is 0 Å². The summed E-state index contributed by atoms with van der Waals surface area (Å²) < 4.78 is 40.1. The smallest absolute Gasteiger partial charge is 0.258 e. The molecule has 0 amide bonds. The van der Waals surface area contributed by atoms with Crippen LogP contribution in [0.25, 0.3) is 0 Å². The third-order valence-electron chi connectivity index (χ3n) is 3.08. The highest BCUT2D eigenvalue weighted by Crippen LogP contribution is 2.34. The summed E-state index contributed by atoms with van der Waals surface area (Å²) in [6.07, 6.45) is -2.54. The zero-order valence-electron chi connectivity index (χ0n) is 9.67. The minimum Gasteiger partial charge on any atom is -0.314 e. The van der Waals surface area contributed by atoms with E-state index in [-0.39, 0.29) is 4.47 Å². The van der Waals surface area contributed by atoms with E-state index in [0.29, 0.717) is 31.7 Å². The first kappa shape index (κ1) is 13.8. The Labute approximate surface area is 112 Å². The summed E-state index contributed by atoms with van der Waals surface area (Å²) in [6.45, 7) is 2.43. The monoisotopic (exact) mass is 322 g/mol. The van der Waals surface area contributed by atoms with Crippen LogP contribution >= 0.6 is 15.9 Å².